The van der Waals surface area contributed by atoms with Crippen LogP contribution < -0.4 is 31.3 Å². The van der Waals surface area contributed by atoms with E-state index in [9.17, 15) is 33.5 Å². The van der Waals surface area contributed by atoms with Crippen LogP contribution in [0, 0.1) is 11.7 Å². The number of rotatable bonds is 23. The highest BCUT2D eigenvalue weighted by molar-refractivity contribution is 5.92. The molecule has 5 amide bonds. The van der Waals surface area contributed by atoms with Crippen LogP contribution in [-0.4, -0.2) is 88.3 Å². The van der Waals surface area contributed by atoms with E-state index in [1.54, 1.807) is 57.2 Å². The van der Waals surface area contributed by atoms with Crippen molar-refractivity contribution >= 4 is 29.7 Å². The molecular formula is C42H60FN7O8. The van der Waals surface area contributed by atoms with Gasteiger partial charge in [0.25, 0.3) is 0 Å². The second-order valence-electron chi connectivity index (χ2n) is 15.7. The van der Waals surface area contributed by atoms with E-state index in [4.69, 9.17) is 9.47 Å². The lowest BCUT2D eigenvalue weighted by Crippen LogP contribution is -2.57. The zero-order valence-corrected chi connectivity index (χ0v) is 34.4. The van der Waals surface area contributed by atoms with Crippen molar-refractivity contribution in [2.75, 3.05) is 13.7 Å². The third-order valence-electron chi connectivity index (χ3n) is 8.94. The fourth-order valence-corrected chi connectivity index (χ4v) is 5.97. The van der Waals surface area contributed by atoms with Gasteiger partial charge in [-0.1, -0.05) is 44.5 Å². The SMILES string of the molecule is COc1ccc(C[C@H](NC(=O)OC(C)(C)C)C(=O)N[C@@H](Cc2cnc[nH]2)C(=O)N[C@@H](CC(C)C)[C@@H](O)CC(=O)NCCCCCC(=O)NCc2ccc(F)cc2)cc1. The lowest BCUT2D eigenvalue weighted by molar-refractivity contribution is -0.131. The second-order valence-corrected chi connectivity index (χ2v) is 15.7. The van der Waals surface area contributed by atoms with Gasteiger partial charge < -0.3 is 46.1 Å². The number of methoxy groups -OCH3 is 1. The molecule has 0 spiro atoms. The Morgan fingerprint density at radius 3 is 2.10 bits per heavy atom. The number of nitrogens with one attached hydrogen (secondary N) is 6. The summed E-state index contributed by atoms with van der Waals surface area (Å²) in [5.74, 6) is -1.45. The van der Waals surface area contributed by atoms with Crippen molar-refractivity contribution in [2.45, 2.75) is 122 Å². The van der Waals surface area contributed by atoms with Gasteiger partial charge in [-0.2, -0.15) is 0 Å². The van der Waals surface area contributed by atoms with E-state index < -0.39 is 53.6 Å². The summed E-state index contributed by atoms with van der Waals surface area (Å²) in [6, 6.07) is 9.79. The van der Waals surface area contributed by atoms with Gasteiger partial charge in [-0.05, 0) is 81.3 Å². The van der Waals surface area contributed by atoms with Crippen LogP contribution in [-0.2, 0) is 43.3 Å². The van der Waals surface area contributed by atoms with Crippen LogP contribution in [0.5, 0.6) is 5.75 Å². The fourth-order valence-electron chi connectivity index (χ4n) is 5.97. The van der Waals surface area contributed by atoms with E-state index in [0.29, 0.717) is 62.2 Å². The standard InChI is InChI=1S/C42H60FN7O8/c1-27(2)20-33(36(51)23-38(53)45-19-9-7-8-10-37(52)46-24-29-11-15-30(43)16-12-29)48-40(55)35(22-31-25-44-26-47-31)49-39(54)34(50-41(56)58-42(3,4)5)21-28-13-17-32(57-6)18-14-28/h11-18,25-27,33-36,51H,7-10,19-24H2,1-6H3,(H,44,47)(H,45,53)(H,46,52)(H,48,55)(H,49,54)(H,50,56)/t33-,34-,35-,36-/m0/s1. The number of alkyl carbamates (subject to hydrolysis) is 1. The first kappa shape index (κ1) is 46.9. The van der Waals surface area contributed by atoms with Crippen LogP contribution in [0.15, 0.2) is 61.1 Å². The van der Waals surface area contributed by atoms with E-state index in [0.717, 1.165) is 5.56 Å². The van der Waals surface area contributed by atoms with Crippen molar-refractivity contribution in [3.8, 4) is 5.75 Å². The normalized spacial score (nSPS) is 13.4. The summed E-state index contributed by atoms with van der Waals surface area (Å²) in [4.78, 5) is 72.7. The summed E-state index contributed by atoms with van der Waals surface area (Å²) in [7, 11) is 1.54. The quantitative estimate of drug-likeness (QED) is 0.0690. The van der Waals surface area contributed by atoms with E-state index in [1.807, 2.05) is 13.8 Å². The Morgan fingerprint density at radius 2 is 1.48 bits per heavy atom. The zero-order valence-electron chi connectivity index (χ0n) is 34.4. The molecule has 3 rings (SSSR count). The average Bonchev–Trinajstić information content (AvgIpc) is 3.67. The van der Waals surface area contributed by atoms with Gasteiger partial charge in [0.2, 0.25) is 23.6 Å². The number of ether oxygens (including phenoxy) is 2. The number of H-pyrrole nitrogens is 1. The Labute approximate surface area is 340 Å². The smallest absolute Gasteiger partial charge is 0.408 e. The topological polar surface area (TPSA) is 213 Å². The van der Waals surface area contributed by atoms with Gasteiger partial charge in [0.1, 0.15) is 29.3 Å². The molecule has 2 aromatic carbocycles. The van der Waals surface area contributed by atoms with Crippen molar-refractivity contribution in [1.82, 2.24) is 36.6 Å². The number of nitrogens with zero attached hydrogens (tertiary/aromatic N) is 1. The predicted molar refractivity (Wildman–Crippen MR) is 216 cm³/mol. The van der Waals surface area contributed by atoms with Crippen LogP contribution in [0.25, 0.3) is 0 Å². The van der Waals surface area contributed by atoms with E-state index in [1.165, 1.54) is 31.8 Å². The van der Waals surface area contributed by atoms with Crippen molar-refractivity contribution in [1.29, 1.82) is 0 Å². The minimum Gasteiger partial charge on any atom is -0.497 e. The maximum atomic E-state index is 14.0. The lowest BCUT2D eigenvalue weighted by atomic mass is 9.96. The molecule has 1 aromatic heterocycles. The molecule has 0 fully saturated rings. The number of hydrogen-bond acceptors (Lipinski definition) is 9. The third-order valence-corrected chi connectivity index (χ3v) is 8.94. The van der Waals surface area contributed by atoms with Gasteiger partial charge in [0.05, 0.1) is 32.0 Å². The summed E-state index contributed by atoms with van der Waals surface area (Å²) >= 11 is 0. The Balaban J connectivity index is 1.59. The molecule has 0 aliphatic carbocycles. The van der Waals surface area contributed by atoms with Crippen molar-refractivity contribution in [3.05, 3.63) is 83.7 Å². The number of halogens is 1. The molecule has 0 saturated heterocycles. The van der Waals surface area contributed by atoms with Crippen LogP contribution in [0.3, 0.4) is 0 Å². The summed E-state index contributed by atoms with van der Waals surface area (Å²) in [6.07, 6.45) is 3.32. The van der Waals surface area contributed by atoms with Crippen molar-refractivity contribution < 1.29 is 42.9 Å². The summed E-state index contributed by atoms with van der Waals surface area (Å²) < 4.78 is 23.7. The number of aliphatic hydroxyl groups excluding tert-OH is 1. The third kappa shape index (κ3) is 18.2. The van der Waals surface area contributed by atoms with Gasteiger partial charge in [0.15, 0.2) is 0 Å². The fraction of sp³-hybridized carbons (Fsp3) is 0.524. The first-order valence-electron chi connectivity index (χ1n) is 19.7. The molecular weight excluding hydrogens is 750 g/mol. The molecule has 0 radical (unpaired) electrons. The number of aliphatic hydroxyl groups is 1. The van der Waals surface area contributed by atoms with Crippen LogP contribution in [0.4, 0.5) is 9.18 Å². The summed E-state index contributed by atoms with van der Waals surface area (Å²) in [5, 5.41) is 25.1. The van der Waals surface area contributed by atoms with Gasteiger partial charge in [-0.3, -0.25) is 19.2 Å². The van der Waals surface area contributed by atoms with Crippen LogP contribution in [0.2, 0.25) is 0 Å². The Kier molecular flexibility index (Phi) is 19.1. The Morgan fingerprint density at radius 1 is 0.828 bits per heavy atom. The number of carbonyl (C=O) groups is 5. The number of imidazole rings is 1. The largest absolute Gasteiger partial charge is 0.497 e. The summed E-state index contributed by atoms with van der Waals surface area (Å²) in [6.45, 7) is 9.61. The molecule has 0 bridgehead atoms. The molecule has 58 heavy (non-hydrogen) atoms. The highest BCUT2D eigenvalue weighted by atomic mass is 19.1. The predicted octanol–water partition coefficient (Wildman–Crippen LogP) is 4.00. The molecule has 0 aliphatic heterocycles. The van der Waals surface area contributed by atoms with E-state index in [2.05, 4.69) is 36.6 Å². The highest BCUT2D eigenvalue weighted by Gasteiger charge is 2.32. The Hall–Kier alpha value is -5.51. The summed E-state index contributed by atoms with van der Waals surface area (Å²) in [5.41, 5.74) is 1.24. The molecule has 318 valence electrons. The second kappa shape index (κ2) is 23.7. The number of aromatic nitrogens is 2. The molecule has 0 aliphatic rings. The monoisotopic (exact) mass is 809 g/mol. The van der Waals surface area contributed by atoms with E-state index in [-0.39, 0.29) is 36.9 Å². The minimum absolute atomic E-state index is 0.0140. The van der Waals surface area contributed by atoms with Gasteiger partial charge >= 0.3 is 6.09 Å². The molecule has 0 saturated carbocycles. The first-order valence-corrected chi connectivity index (χ1v) is 19.7. The van der Waals surface area contributed by atoms with Crippen LogP contribution >= 0.6 is 0 Å². The Bertz CT molecular complexity index is 1730. The number of aromatic amines is 1. The maximum Gasteiger partial charge on any atom is 0.408 e. The first-order chi connectivity index (χ1) is 27.5. The average molecular weight is 810 g/mol. The molecule has 7 N–H and O–H groups in total. The van der Waals surface area contributed by atoms with Crippen molar-refractivity contribution in [3.63, 3.8) is 0 Å². The molecule has 15 nitrogen and oxygen atoms in total. The molecule has 1 heterocycles. The lowest BCUT2D eigenvalue weighted by Gasteiger charge is -2.29. The number of benzene rings is 2. The van der Waals surface area contributed by atoms with Gasteiger partial charge in [-0.25, -0.2) is 14.2 Å². The van der Waals surface area contributed by atoms with Gasteiger partial charge in [-0.15, -0.1) is 0 Å². The van der Waals surface area contributed by atoms with E-state index >= 15 is 0 Å². The number of carbonyl (C=O) groups excluding carboxylic acids is 5. The number of amides is 5. The molecule has 0 unspecified atom stereocenters. The number of hydrogen-bond donors (Lipinski definition) is 7. The zero-order chi connectivity index (χ0) is 42.7. The minimum atomic E-state index is -1.24. The van der Waals surface area contributed by atoms with Crippen molar-refractivity contribution in [2.24, 2.45) is 5.92 Å². The van der Waals surface area contributed by atoms with Gasteiger partial charge in [0, 0.05) is 44.2 Å². The maximum absolute atomic E-state index is 14.0. The number of unbranched alkanes of at least 4 members (excludes halogenated alkanes) is 2. The van der Waals surface area contributed by atoms with Crippen LogP contribution in [0.1, 0.15) is 90.0 Å². The molecule has 4 atom stereocenters. The molecule has 16 heteroatoms. The molecule has 3 aromatic rings. The highest BCUT2D eigenvalue weighted by Crippen LogP contribution is 2.16.